The van der Waals surface area contributed by atoms with Crippen LogP contribution < -0.4 is 10.5 Å². The van der Waals surface area contributed by atoms with Crippen LogP contribution in [0.25, 0.3) is 10.9 Å². The summed E-state index contributed by atoms with van der Waals surface area (Å²) in [4.78, 5) is 0. The number of nitrogens with two attached hydrogens (primary N) is 1. The number of methoxy groups -OCH3 is 1. The molecule has 0 aliphatic carbocycles. The summed E-state index contributed by atoms with van der Waals surface area (Å²) in [6.45, 7) is 4.38. The summed E-state index contributed by atoms with van der Waals surface area (Å²) in [5.74, 6) is 0.912. The standard InChI is InChI=1S/C17H24N2O2/c1-12(18)10-14-15-11-13(21-9-8-20-2)5-6-17(15)19-7-3-4-16(14)19/h5-6,11-12H,3-4,7-10,18H2,1-2H3. The van der Waals surface area contributed by atoms with Crippen LogP contribution in [0.1, 0.15) is 24.6 Å². The Morgan fingerprint density at radius 3 is 2.95 bits per heavy atom. The van der Waals surface area contributed by atoms with Crippen LogP contribution in [-0.2, 0) is 24.1 Å². The zero-order chi connectivity index (χ0) is 14.8. The van der Waals surface area contributed by atoms with E-state index in [0.29, 0.717) is 13.2 Å². The molecular formula is C17H24N2O2. The van der Waals surface area contributed by atoms with Gasteiger partial charge in [-0.1, -0.05) is 0 Å². The third kappa shape index (κ3) is 2.78. The lowest BCUT2D eigenvalue weighted by molar-refractivity contribution is 0.146. The van der Waals surface area contributed by atoms with Crippen LogP contribution in [0.2, 0.25) is 0 Å². The molecule has 1 aromatic heterocycles. The summed E-state index contributed by atoms with van der Waals surface area (Å²) in [6, 6.07) is 6.57. The number of aromatic nitrogens is 1. The number of fused-ring (bicyclic) bond motifs is 3. The van der Waals surface area contributed by atoms with E-state index in [4.69, 9.17) is 15.2 Å². The Morgan fingerprint density at radius 1 is 1.33 bits per heavy atom. The van der Waals surface area contributed by atoms with Crippen molar-refractivity contribution >= 4 is 10.9 Å². The molecule has 1 aromatic carbocycles. The Bertz CT molecular complexity index is 631. The maximum atomic E-state index is 6.05. The molecule has 1 atom stereocenters. The highest BCUT2D eigenvalue weighted by Crippen LogP contribution is 2.34. The molecule has 4 heteroatoms. The van der Waals surface area contributed by atoms with E-state index in [-0.39, 0.29) is 6.04 Å². The van der Waals surface area contributed by atoms with Crippen molar-refractivity contribution in [1.82, 2.24) is 4.57 Å². The largest absolute Gasteiger partial charge is 0.491 e. The molecule has 0 saturated carbocycles. The van der Waals surface area contributed by atoms with Crippen molar-refractivity contribution < 1.29 is 9.47 Å². The average Bonchev–Trinajstić information content (AvgIpc) is 3.02. The molecule has 0 amide bonds. The van der Waals surface area contributed by atoms with Crippen molar-refractivity contribution in [2.24, 2.45) is 5.73 Å². The molecule has 0 fully saturated rings. The molecule has 2 heterocycles. The lowest BCUT2D eigenvalue weighted by Crippen LogP contribution is -2.18. The third-order valence-corrected chi connectivity index (χ3v) is 4.14. The smallest absolute Gasteiger partial charge is 0.120 e. The van der Waals surface area contributed by atoms with Crippen molar-refractivity contribution in [2.45, 2.75) is 38.8 Å². The Kier molecular flexibility index (Phi) is 4.17. The van der Waals surface area contributed by atoms with Gasteiger partial charge >= 0.3 is 0 Å². The molecule has 1 aliphatic rings. The summed E-state index contributed by atoms with van der Waals surface area (Å²) in [7, 11) is 1.69. The molecule has 3 rings (SSSR count). The SMILES string of the molecule is COCCOc1ccc2c(c1)c(CC(C)N)c1n2CCC1. The van der Waals surface area contributed by atoms with Crippen molar-refractivity contribution in [3.8, 4) is 5.75 Å². The van der Waals surface area contributed by atoms with Crippen LogP contribution in [0.4, 0.5) is 0 Å². The maximum Gasteiger partial charge on any atom is 0.120 e. The molecule has 0 saturated heterocycles. The van der Waals surface area contributed by atoms with Gasteiger partial charge in [-0.25, -0.2) is 0 Å². The van der Waals surface area contributed by atoms with Crippen molar-refractivity contribution in [2.75, 3.05) is 20.3 Å². The normalized spacial score (nSPS) is 15.4. The number of nitrogens with zero attached hydrogens (tertiary/aromatic N) is 1. The number of ether oxygens (including phenoxy) is 2. The lowest BCUT2D eigenvalue weighted by Gasteiger charge is -2.08. The third-order valence-electron chi connectivity index (χ3n) is 4.14. The minimum atomic E-state index is 0.180. The fraction of sp³-hybridized carbons (Fsp3) is 0.529. The topological polar surface area (TPSA) is 49.4 Å². The molecule has 4 nitrogen and oxygen atoms in total. The molecule has 1 unspecified atom stereocenters. The van der Waals surface area contributed by atoms with Crippen LogP contribution in [0.5, 0.6) is 5.75 Å². The fourth-order valence-corrected chi connectivity index (χ4v) is 3.28. The predicted molar refractivity (Wildman–Crippen MR) is 85.0 cm³/mol. The predicted octanol–water partition coefficient (Wildman–Crippen LogP) is 2.50. The summed E-state index contributed by atoms with van der Waals surface area (Å²) in [6.07, 6.45) is 3.33. The number of hydrogen-bond acceptors (Lipinski definition) is 3. The molecule has 2 aromatic rings. The lowest BCUT2D eigenvalue weighted by atomic mass is 10.0. The summed E-state index contributed by atoms with van der Waals surface area (Å²) >= 11 is 0. The first-order valence-corrected chi connectivity index (χ1v) is 7.72. The minimum Gasteiger partial charge on any atom is -0.491 e. The molecule has 0 radical (unpaired) electrons. The molecule has 1 aliphatic heterocycles. The highest BCUT2D eigenvalue weighted by atomic mass is 16.5. The van der Waals surface area contributed by atoms with Gasteiger partial charge in [0.25, 0.3) is 0 Å². The van der Waals surface area contributed by atoms with Crippen LogP contribution in [0, 0.1) is 0 Å². The van der Waals surface area contributed by atoms with Gasteiger partial charge in [-0.05, 0) is 49.9 Å². The second-order valence-electron chi connectivity index (χ2n) is 5.88. The zero-order valence-corrected chi connectivity index (χ0v) is 12.9. The van der Waals surface area contributed by atoms with Crippen LogP contribution >= 0.6 is 0 Å². The van der Waals surface area contributed by atoms with E-state index in [2.05, 4.69) is 29.7 Å². The highest BCUT2D eigenvalue weighted by molar-refractivity contribution is 5.87. The van der Waals surface area contributed by atoms with E-state index in [0.717, 1.165) is 25.1 Å². The van der Waals surface area contributed by atoms with Crippen molar-refractivity contribution in [3.63, 3.8) is 0 Å². The average molecular weight is 288 g/mol. The van der Waals surface area contributed by atoms with Gasteiger partial charge in [-0.2, -0.15) is 0 Å². The number of rotatable bonds is 6. The Balaban J connectivity index is 1.98. The van der Waals surface area contributed by atoms with Gasteiger partial charge in [0.05, 0.1) is 6.61 Å². The Morgan fingerprint density at radius 2 is 2.19 bits per heavy atom. The fourth-order valence-electron chi connectivity index (χ4n) is 3.28. The van der Waals surface area contributed by atoms with Crippen molar-refractivity contribution in [3.05, 3.63) is 29.5 Å². The highest BCUT2D eigenvalue weighted by Gasteiger charge is 2.21. The van der Waals surface area contributed by atoms with E-state index in [1.165, 1.54) is 28.6 Å². The number of benzene rings is 1. The maximum absolute atomic E-state index is 6.05. The monoisotopic (exact) mass is 288 g/mol. The molecule has 0 spiro atoms. The van der Waals surface area contributed by atoms with Gasteiger partial charge in [0, 0.05) is 36.3 Å². The van der Waals surface area contributed by atoms with E-state index >= 15 is 0 Å². The molecule has 21 heavy (non-hydrogen) atoms. The van der Waals surface area contributed by atoms with Crippen LogP contribution in [0.3, 0.4) is 0 Å². The number of hydrogen-bond donors (Lipinski definition) is 1. The van der Waals surface area contributed by atoms with Crippen molar-refractivity contribution in [1.29, 1.82) is 0 Å². The zero-order valence-electron chi connectivity index (χ0n) is 12.9. The summed E-state index contributed by atoms with van der Waals surface area (Å²) in [5.41, 5.74) is 10.2. The van der Waals surface area contributed by atoms with Crippen LogP contribution in [0.15, 0.2) is 18.2 Å². The quantitative estimate of drug-likeness (QED) is 0.831. The van der Waals surface area contributed by atoms with E-state index in [1.807, 2.05) is 0 Å². The number of aryl methyl sites for hydroxylation is 1. The first kappa shape index (κ1) is 14.4. The van der Waals surface area contributed by atoms with Gasteiger partial charge < -0.3 is 19.8 Å². The van der Waals surface area contributed by atoms with E-state index in [9.17, 15) is 0 Å². The van der Waals surface area contributed by atoms with Gasteiger partial charge in [0.1, 0.15) is 12.4 Å². The summed E-state index contributed by atoms with van der Waals surface area (Å²) < 4.78 is 13.2. The van der Waals surface area contributed by atoms with E-state index in [1.54, 1.807) is 7.11 Å². The molecule has 0 bridgehead atoms. The van der Waals surface area contributed by atoms with Gasteiger partial charge in [-0.15, -0.1) is 0 Å². The first-order chi connectivity index (χ1) is 10.2. The van der Waals surface area contributed by atoms with Gasteiger partial charge in [0.15, 0.2) is 0 Å². The Labute approximate surface area is 125 Å². The van der Waals surface area contributed by atoms with E-state index < -0.39 is 0 Å². The minimum absolute atomic E-state index is 0.180. The second kappa shape index (κ2) is 6.08. The Hall–Kier alpha value is -1.52. The molecule has 114 valence electrons. The van der Waals surface area contributed by atoms with Gasteiger partial charge in [-0.3, -0.25) is 0 Å². The van der Waals surface area contributed by atoms with Gasteiger partial charge in [0.2, 0.25) is 0 Å². The van der Waals surface area contributed by atoms with Crippen LogP contribution in [-0.4, -0.2) is 30.9 Å². The summed E-state index contributed by atoms with van der Waals surface area (Å²) in [5, 5.41) is 1.30. The first-order valence-electron chi connectivity index (χ1n) is 7.72. The second-order valence-corrected chi connectivity index (χ2v) is 5.88. The molecule has 2 N–H and O–H groups in total. The molecular weight excluding hydrogens is 264 g/mol.